The molecule has 0 aromatic rings. The van der Waals surface area contributed by atoms with Gasteiger partial charge in [0, 0.05) is 7.11 Å². The van der Waals surface area contributed by atoms with Crippen LogP contribution in [0, 0.1) is 11.3 Å². The monoisotopic (exact) mass is 322 g/mol. The summed E-state index contributed by atoms with van der Waals surface area (Å²) >= 11 is 0. The van der Waals surface area contributed by atoms with Gasteiger partial charge < -0.3 is 29.9 Å². The van der Waals surface area contributed by atoms with E-state index in [0.717, 1.165) is 11.3 Å². The van der Waals surface area contributed by atoms with Gasteiger partial charge in [-0.2, -0.15) is 0 Å². The number of aliphatic hydroxyl groups is 4. The van der Waals surface area contributed by atoms with E-state index in [0.29, 0.717) is 0 Å². The van der Waals surface area contributed by atoms with Crippen LogP contribution in [0.1, 0.15) is 47.5 Å². The molecule has 1 aliphatic heterocycles. The van der Waals surface area contributed by atoms with Crippen molar-refractivity contribution in [2.24, 2.45) is 11.3 Å². The topological polar surface area (TPSA) is 99.4 Å². The van der Waals surface area contributed by atoms with Gasteiger partial charge in [-0.05, 0) is 17.8 Å². The first kappa shape index (κ1) is 21.8. The number of methoxy groups -OCH3 is 1. The maximum Gasteiger partial charge on any atom is 0.184 e. The van der Waals surface area contributed by atoms with Gasteiger partial charge in [-0.15, -0.1) is 0 Å². The third-order valence-electron chi connectivity index (χ3n) is 4.63. The Labute approximate surface area is 134 Å². The summed E-state index contributed by atoms with van der Waals surface area (Å²) in [5, 5.41) is 36.7. The van der Waals surface area contributed by atoms with Crippen LogP contribution in [-0.2, 0) is 9.47 Å². The number of hydrogen-bond donors (Lipinski definition) is 4. The summed E-state index contributed by atoms with van der Waals surface area (Å²) in [6.45, 7) is 11.0. The summed E-state index contributed by atoms with van der Waals surface area (Å²) in [7, 11) is 1.40. The fraction of sp³-hybridized carbons (Fsp3) is 1.00. The van der Waals surface area contributed by atoms with Crippen molar-refractivity contribution in [3.05, 3.63) is 0 Å². The maximum atomic E-state index is 9.33. The smallest absolute Gasteiger partial charge is 0.184 e. The van der Waals surface area contributed by atoms with E-state index in [1.54, 1.807) is 0 Å². The molecule has 7 atom stereocenters. The zero-order chi connectivity index (χ0) is 17.5. The van der Waals surface area contributed by atoms with E-state index < -0.39 is 30.7 Å². The highest BCUT2D eigenvalue weighted by Gasteiger charge is 2.44. The fourth-order valence-electron chi connectivity index (χ4n) is 2.37. The van der Waals surface area contributed by atoms with Crippen molar-refractivity contribution < 1.29 is 29.9 Å². The lowest BCUT2D eigenvalue weighted by Crippen LogP contribution is -2.58. The summed E-state index contributed by atoms with van der Waals surface area (Å²) < 4.78 is 9.49. The van der Waals surface area contributed by atoms with Crippen LogP contribution in [0.4, 0.5) is 0 Å². The predicted octanol–water partition coefficient (Wildman–Crippen LogP) is 0.901. The minimum Gasteiger partial charge on any atom is -0.387 e. The minimum atomic E-state index is -1.49. The Bertz CT molecular complexity index is 296. The second-order valence-electron chi connectivity index (χ2n) is 6.10. The van der Waals surface area contributed by atoms with Gasteiger partial charge >= 0.3 is 0 Å². The Morgan fingerprint density at radius 1 is 1.09 bits per heavy atom. The van der Waals surface area contributed by atoms with Gasteiger partial charge in [-0.3, -0.25) is 0 Å². The lowest BCUT2D eigenvalue weighted by Gasteiger charge is -2.37. The van der Waals surface area contributed by atoms with Crippen molar-refractivity contribution in [3.63, 3.8) is 0 Å². The van der Waals surface area contributed by atoms with Crippen LogP contribution in [-0.4, -0.2) is 64.8 Å². The highest BCUT2D eigenvalue weighted by atomic mass is 16.6. The van der Waals surface area contributed by atoms with Gasteiger partial charge in [0.05, 0.1) is 6.61 Å². The first-order valence-electron chi connectivity index (χ1n) is 8.13. The Morgan fingerprint density at radius 2 is 1.59 bits per heavy atom. The highest BCUT2D eigenvalue weighted by Crippen LogP contribution is 2.53. The van der Waals surface area contributed by atoms with Crippen LogP contribution < -0.4 is 0 Å². The zero-order valence-electron chi connectivity index (χ0n) is 14.7. The van der Waals surface area contributed by atoms with Crippen molar-refractivity contribution >= 4 is 0 Å². The third-order valence-corrected chi connectivity index (χ3v) is 4.63. The second-order valence-corrected chi connectivity index (χ2v) is 6.10. The summed E-state index contributed by atoms with van der Waals surface area (Å²) in [5.74, 6) is 1.01. The van der Waals surface area contributed by atoms with Crippen LogP contribution in [0.5, 0.6) is 0 Å². The van der Waals surface area contributed by atoms with E-state index in [-0.39, 0.29) is 6.61 Å². The van der Waals surface area contributed by atoms with Crippen LogP contribution in [0.3, 0.4) is 0 Å². The van der Waals surface area contributed by atoms with E-state index in [1.807, 2.05) is 13.8 Å². The van der Waals surface area contributed by atoms with E-state index in [2.05, 4.69) is 20.8 Å². The Kier molecular flexibility index (Phi) is 9.69. The highest BCUT2D eigenvalue weighted by molar-refractivity contribution is 4.94. The average Bonchev–Trinajstić information content (AvgIpc) is 3.13. The molecule has 0 amide bonds. The molecule has 2 rings (SSSR count). The second kappa shape index (κ2) is 9.80. The zero-order valence-corrected chi connectivity index (χ0v) is 14.7. The fourth-order valence-corrected chi connectivity index (χ4v) is 2.37. The van der Waals surface area contributed by atoms with Gasteiger partial charge in [-0.25, -0.2) is 0 Å². The number of rotatable bonds is 3. The van der Waals surface area contributed by atoms with Crippen LogP contribution in [0.2, 0.25) is 0 Å². The van der Waals surface area contributed by atoms with Crippen molar-refractivity contribution in [3.8, 4) is 0 Å². The Balaban J connectivity index is 0.000000412. The molecule has 0 aromatic carbocycles. The molecule has 1 heterocycles. The molecule has 7 unspecified atom stereocenters. The third kappa shape index (κ3) is 5.76. The molecule has 6 nitrogen and oxygen atoms in total. The predicted molar refractivity (Wildman–Crippen MR) is 84.3 cm³/mol. The van der Waals surface area contributed by atoms with Gasteiger partial charge in [-0.1, -0.05) is 41.0 Å². The van der Waals surface area contributed by atoms with Gasteiger partial charge in [0.25, 0.3) is 0 Å². The number of ether oxygens (including phenoxy) is 2. The quantitative estimate of drug-likeness (QED) is 0.616. The van der Waals surface area contributed by atoms with Crippen LogP contribution >= 0.6 is 0 Å². The first-order valence-corrected chi connectivity index (χ1v) is 8.13. The lowest BCUT2D eigenvalue weighted by molar-refractivity contribution is -0.287. The molecule has 0 spiro atoms. The summed E-state index contributed by atoms with van der Waals surface area (Å²) in [5.41, 5.74) is 0.750. The first-order chi connectivity index (χ1) is 10.3. The molecule has 134 valence electrons. The van der Waals surface area contributed by atoms with Gasteiger partial charge in [0.15, 0.2) is 6.29 Å². The van der Waals surface area contributed by atoms with Gasteiger partial charge in [0.2, 0.25) is 0 Å². The molecule has 2 aliphatic rings. The standard InChI is InChI=1S/C7H14O6.C7H14.C2H6/c1-12-2-3-4(8)5(9)6(10)7(11)13-3;1-4-7(3)5-6(7)2;1-2/h3-11H,2H2,1H3;6H,4-5H2,1-3H3;1-2H3. The number of aliphatic hydroxyl groups excluding tert-OH is 4. The van der Waals surface area contributed by atoms with Crippen LogP contribution in [0.15, 0.2) is 0 Å². The van der Waals surface area contributed by atoms with Crippen molar-refractivity contribution in [2.45, 2.75) is 78.2 Å². The van der Waals surface area contributed by atoms with E-state index in [9.17, 15) is 10.2 Å². The average molecular weight is 322 g/mol. The largest absolute Gasteiger partial charge is 0.387 e. The molecule has 1 aliphatic carbocycles. The summed E-state index contributed by atoms with van der Waals surface area (Å²) in [4.78, 5) is 0. The molecular formula is C16H34O6. The molecule has 0 bridgehead atoms. The normalized spacial score (nSPS) is 43.4. The van der Waals surface area contributed by atoms with Crippen molar-refractivity contribution in [2.75, 3.05) is 13.7 Å². The summed E-state index contributed by atoms with van der Waals surface area (Å²) in [6.07, 6.45) is -3.63. The maximum absolute atomic E-state index is 9.33. The number of hydrogen-bond acceptors (Lipinski definition) is 6. The van der Waals surface area contributed by atoms with Gasteiger partial charge in [0.1, 0.15) is 24.4 Å². The Morgan fingerprint density at radius 3 is 1.91 bits per heavy atom. The molecule has 0 aromatic heterocycles. The van der Waals surface area contributed by atoms with Crippen molar-refractivity contribution in [1.82, 2.24) is 0 Å². The van der Waals surface area contributed by atoms with Crippen molar-refractivity contribution in [1.29, 1.82) is 0 Å². The minimum absolute atomic E-state index is 0.0437. The summed E-state index contributed by atoms with van der Waals surface area (Å²) in [6, 6.07) is 0. The molecular weight excluding hydrogens is 288 g/mol. The molecule has 1 saturated heterocycles. The molecule has 1 saturated carbocycles. The van der Waals surface area contributed by atoms with E-state index >= 15 is 0 Å². The lowest BCUT2D eigenvalue weighted by atomic mass is 9.99. The van der Waals surface area contributed by atoms with Crippen LogP contribution in [0.25, 0.3) is 0 Å². The molecule has 2 fully saturated rings. The molecule has 22 heavy (non-hydrogen) atoms. The van der Waals surface area contributed by atoms with E-state index in [4.69, 9.17) is 19.7 Å². The Hall–Kier alpha value is -0.240. The SMILES string of the molecule is CC.CCC1(C)CC1C.COCC1OC(O)C(O)C(O)C1O. The van der Waals surface area contributed by atoms with E-state index in [1.165, 1.54) is 20.0 Å². The molecule has 6 heteroatoms. The molecule has 4 N–H and O–H groups in total. The molecule has 0 radical (unpaired) electrons.